The molecular formula is C21H25IO6. The molecule has 152 valence electrons. The highest BCUT2D eigenvalue weighted by molar-refractivity contribution is 14.1. The van der Waals surface area contributed by atoms with Crippen molar-refractivity contribution in [1.82, 2.24) is 0 Å². The highest BCUT2D eigenvalue weighted by Crippen LogP contribution is 2.51. The van der Waals surface area contributed by atoms with Gasteiger partial charge in [0.25, 0.3) is 0 Å². The second-order valence-electron chi connectivity index (χ2n) is 6.59. The zero-order valence-electron chi connectivity index (χ0n) is 17.0. The van der Waals surface area contributed by atoms with Crippen molar-refractivity contribution in [3.05, 3.63) is 23.3 Å². The molecule has 28 heavy (non-hydrogen) atoms. The summed E-state index contributed by atoms with van der Waals surface area (Å²) in [6, 6.07) is 3.78. The molecule has 0 saturated heterocycles. The minimum atomic E-state index is -0.486. The lowest BCUT2D eigenvalue weighted by molar-refractivity contribution is -0.134. The summed E-state index contributed by atoms with van der Waals surface area (Å²) >= 11 is 2.27. The van der Waals surface area contributed by atoms with E-state index in [0.717, 1.165) is 11.1 Å². The summed E-state index contributed by atoms with van der Waals surface area (Å²) in [7, 11) is 2.90. The van der Waals surface area contributed by atoms with E-state index >= 15 is 0 Å². The third-order valence-corrected chi connectivity index (χ3v) is 4.98. The minimum absolute atomic E-state index is 0.207. The Bertz CT molecular complexity index is 904. The van der Waals surface area contributed by atoms with Gasteiger partial charge >= 0.3 is 11.9 Å². The van der Waals surface area contributed by atoms with Crippen LogP contribution in [0.1, 0.15) is 37.8 Å². The van der Waals surface area contributed by atoms with Gasteiger partial charge in [0.2, 0.25) is 11.5 Å². The number of hydrogen-bond acceptors (Lipinski definition) is 6. The van der Waals surface area contributed by atoms with Crippen LogP contribution in [0, 0.1) is 13.8 Å². The lowest BCUT2D eigenvalue weighted by Crippen LogP contribution is -2.12. The van der Waals surface area contributed by atoms with Crippen molar-refractivity contribution in [2.45, 2.75) is 44.5 Å². The number of benzene rings is 2. The Morgan fingerprint density at radius 3 is 1.79 bits per heavy atom. The van der Waals surface area contributed by atoms with Crippen LogP contribution in [0.3, 0.4) is 0 Å². The van der Waals surface area contributed by atoms with Crippen LogP contribution < -0.4 is 18.9 Å². The summed E-state index contributed by atoms with van der Waals surface area (Å²) in [4.78, 5) is 24.1. The fraction of sp³-hybridized carbons (Fsp3) is 0.429. The van der Waals surface area contributed by atoms with Crippen LogP contribution in [-0.4, -0.2) is 30.1 Å². The summed E-state index contributed by atoms with van der Waals surface area (Å²) in [5.41, 5.74) is 2.01. The highest BCUT2D eigenvalue weighted by atomic mass is 127. The van der Waals surface area contributed by atoms with Crippen molar-refractivity contribution in [2.24, 2.45) is 0 Å². The molecule has 2 aromatic rings. The first-order valence-corrected chi connectivity index (χ1v) is 10.2. The fourth-order valence-corrected chi connectivity index (χ4v) is 3.15. The van der Waals surface area contributed by atoms with Crippen molar-refractivity contribution in [1.29, 1.82) is 0 Å². The van der Waals surface area contributed by atoms with Gasteiger partial charge in [0.1, 0.15) is 0 Å². The van der Waals surface area contributed by atoms with Crippen molar-refractivity contribution in [3.8, 4) is 23.0 Å². The summed E-state index contributed by atoms with van der Waals surface area (Å²) in [6.07, 6.45) is 0.994. The van der Waals surface area contributed by atoms with Crippen molar-refractivity contribution >= 4 is 45.3 Å². The monoisotopic (exact) mass is 500 g/mol. The predicted molar refractivity (Wildman–Crippen MR) is 116 cm³/mol. The van der Waals surface area contributed by atoms with E-state index < -0.39 is 5.97 Å². The number of carbonyl (C=O) groups excluding carboxylic acids is 2. The molecule has 1 unspecified atom stereocenters. The molecule has 0 aliphatic carbocycles. The summed E-state index contributed by atoms with van der Waals surface area (Å²) in [5.74, 6) is 0.0817. The van der Waals surface area contributed by atoms with E-state index in [1.54, 1.807) is 0 Å². The van der Waals surface area contributed by atoms with E-state index in [-0.39, 0.29) is 35.4 Å². The van der Waals surface area contributed by atoms with E-state index in [1.165, 1.54) is 21.1 Å². The van der Waals surface area contributed by atoms with Gasteiger partial charge in [-0.1, -0.05) is 29.5 Å². The Hall–Kier alpha value is -2.03. The highest BCUT2D eigenvalue weighted by Gasteiger charge is 2.26. The average Bonchev–Trinajstić information content (AvgIpc) is 2.62. The first kappa shape index (κ1) is 22.3. The molecule has 2 rings (SSSR count). The van der Waals surface area contributed by atoms with Gasteiger partial charge in [0.15, 0.2) is 11.5 Å². The van der Waals surface area contributed by atoms with Crippen molar-refractivity contribution in [3.63, 3.8) is 0 Å². The Kier molecular flexibility index (Phi) is 7.51. The molecule has 6 nitrogen and oxygen atoms in total. The molecule has 0 radical (unpaired) electrons. The molecule has 0 heterocycles. The number of ether oxygens (including phenoxy) is 4. The molecule has 0 aromatic heterocycles. The largest absolute Gasteiger partial charge is 0.490 e. The van der Waals surface area contributed by atoms with Crippen LogP contribution in [0.4, 0.5) is 0 Å². The Morgan fingerprint density at radius 1 is 0.929 bits per heavy atom. The van der Waals surface area contributed by atoms with E-state index in [9.17, 15) is 9.59 Å². The maximum absolute atomic E-state index is 12.4. The van der Waals surface area contributed by atoms with Gasteiger partial charge in [-0.05, 0) is 43.5 Å². The number of carbonyl (C=O) groups is 2. The predicted octanol–water partition coefficient (Wildman–Crippen LogP) is 4.91. The number of esters is 2. The van der Waals surface area contributed by atoms with E-state index in [1.807, 2.05) is 32.9 Å². The van der Waals surface area contributed by atoms with Crippen LogP contribution >= 0.6 is 22.6 Å². The standard InChI is InChI=1S/C21H25IO6/c1-11-9-15-16(10-12(11)2)19(28-17(24)8-7-13(3)22)21(26-6)20(25-5)18(15)27-14(4)23/h9-10,13H,7-8H2,1-6H3. The number of methoxy groups -OCH3 is 2. The average molecular weight is 500 g/mol. The quantitative estimate of drug-likeness (QED) is 0.233. The SMILES string of the molecule is COc1c(OC)c(OC(=O)CCC(C)I)c2cc(C)c(C)cc2c1OC(C)=O. The molecule has 2 aromatic carbocycles. The fourth-order valence-electron chi connectivity index (χ4n) is 2.84. The van der Waals surface area contributed by atoms with E-state index in [0.29, 0.717) is 21.1 Å². The molecule has 0 fully saturated rings. The van der Waals surface area contributed by atoms with Gasteiger partial charge in [-0.25, -0.2) is 0 Å². The van der Waals surface area contributed by atoms with E-state index in [4.69, 9.17) is 18.9 Å². The number of fused-ring (bicyclic) bond motifs is 1. The van der Waals surface area contributed by atoms with Gasteiger partial charge in [0, 0.05) is 28.0 Å². The normalized spacial score (nSPS) is 11.8. The first-order valence-electron chi connectivity index (χ1n) is 8.91. The lowest BCUT2D eigenvalue weighted by Gasteiger charge is -2.20. The van der Waals surface area contributed by atoms with E-state index in [2.05, 4.69) is 22.6 Å². The minimum Gasteiger partial charge on any atom is -0.490 e. The second-order valence-corrected chi connectivity index (χ2v) is 8.72. The molecule has 0 bridgehead atoms. The van der Waals surface area contributed by atoms with Crippen LogP contribution in [0.5, 0.6) is 23.0 Å². The molecule has 0 amide bonds. The van der Waals surface area contributed by atoms with Gasteiger partial charge in [-0.2, -0.15) is 0 Å². The number of hydrogen-bond donors (Lipinski definition) is 0. The lowest BCUT2D eigenvalue weighted by atomic mass is 10.00. The van der Waals surface area contributed by atoms with Gasteiger partial charge < -0.3 is 18.9 Å². The zero-order chi connectivity index (χ0) is 21.0. The summed E-state index contributed by atoms with van der Waals surface area (Å²) in [6.45, 7) is 7.27. The molecular weight excluding hydrogens is 475 g/mol. The molecule has 0 aliphatic heterocycles. The molecule has 1 atom stereocenters. The molecule has 0 N–H and O–H groups in total. The maximum atomic E-state index is 12.4. The topological polar surface area (TPSA) is 71.1 Å². The molecule has 0 spiro atoms. The summed E-state index contributed by atoms with van der Waals surface area (Å²) in [5, 5.41) is 1.23. The molecule has 0 saturated carbocycles. The van der Waals surface area contributed by atoms with Gasteiger partial charge in [-0.15, -0.1) is 0 Å². The van der Waals surface area contributed by atoms with Gasteiger partial charge in [-0.3, -0.25) is 9.59 Å². The number of alkyl halides is 1. The molecule has 7 heteroatoms. The number of halogens is 1. The van der Waals surface area contributed by atoms with Gasteiger partial charge in [0.05, 0.1) is 14.2 Å². The second kappa shape index (κ2) is 9.45. The number of aryl methyl sites for hydroxylation is 2. The van der Waals surface area contributed by atoms with Crippen LogP contribution in [0.15, 0.2) is 12.1 Å². The Labute approximate surface area is 178 Å². The van der Waals surface area contributed by atoms with Crippen molar-refractivity contribution < 1.29 is 28.5 Å². The third kappa shape index (κ3) is 4.87. The van der Waals surface area contributed by atoms with Crippen LogP contribution in [0.25, 0.3) is 10.8 Å². The Morgan fingerprint density at radius 2 is 1.39 bits per heavy atom. The smallest absolute Gasteiger partial charge is 0.311 e. The molecule has 0 aliphatic rings. The van der Waals surface area contributed by atoms with Crippen LogP contribution in [0.2, 0.25) is 0 Å². The third-order valence-electron chi connectivity index (χ3n) is 4.36. The maximum Gasteiger partial charge on any atom is 0.311 e. The first-order chi connectivity index (χ1) is 13.2. The summed E-state index contributed by atoms with van der Waals surface area (Å²) < 4.78 is 22.5. The Balaban J connectivity index is 2.75. The zero-order valence-corrected chi connectivity index (χ0v) is 19.1. The van der Waals surface area contributed by atoms with Crippen LogP contribution in [-0.2, 0) is 9.59 Å². The van der Waals surface area contributed by atoms with Crippen molar-refractivity contribution in [2.75, 3.05) is 14.2 Å². The number of rotatable bonds is 7.